The number of nitrogens with zero attached hydrogens (tertiary/aromatic N) is 2. The Balaban J connectivity index is 1.58. The van der Waals surface area contributed by atoms with Gasteiger partial charge in [-0.3, -0.25) is 4.79 Å². The third-order valence-electron chi connectivity index (χ3n) is 4.83. The van der Waals surface area contributed by atoms with Crippen molar-refractivity contribution in [2.75, 3.05) is 20.8 Å². The van der Waals surface area contributed by atoms with Crippen LogP contribution in [-0.2, 0) is 13.0 Å². The first-order valence-corrected chi connectivity index (χ1v) is 8.84. The molecule has 0 bridgehead atoms. The van der Waals surface area contributed by atoms with Crippen molar-refractivity contribution in [3.05, 3.63) is 65.1 Å². The zero-order valence-corrected chi connectivity index (χ0v) is 15.6. The standard InChI is InChI=1S/C21H19FN2O4/c1-26-16-9-14(10-17(11-16)27-2)21(25)24-8-7-18-19(12-24)23-28-20(18)13-3-5-15(22)6-4-13/h3-6,9-11H,7-8,12H2,1-2H3. The van der Waals surface area contributed by atoms with Gasteiger partial charge in [-0.05, 0) is 42.8 Å². The van der Waals surface area contributed by atoms with Gasteiger partial charge in [0.25, 0.3) is 5.91 Å². The van der Waals surface area contributed by atoms with E-state index in [1.54, 1.807) is 49.5 Å². The summed E-state index contributed by atoms with van der Waals surface area (Å²) in [6.45, 7) is 0.874. The number of hydrogen-bond acceptors (Lipinski definition) is 5. The molecule has 0 atom stereocenters. The number of aromatic nitrogens is 1. The number of halogens is 1. The van der Waals surface area contributed by atoms with Gasteiger partial charge in [-0.1, -0.05) is 5.16 Å². The highest BCUT2D eigenvalue weighted by Gasteiger charge is 2.28. The van der Waals surface area contributed by atoms with E-state index in [2.05, 4.69) is 5.16 Å². The highest BCUT2D eigenvalue weighted by Crippen LogP contribution is 2.31. The van der Waals surface area contributed by atoms with Crippen molar-refractivity contribution in [1.29, 1.82) is 0 Å². The molecular formula is C21H19FN2O4. The smallest absolute Gasteiger partial charge is 0.254 e. The van der Waals surface area contributed by atoms with Crippen molar-refractivity contribution in [3.63, 3.8) is 0 Å². The lowest BCUT2D eigenvalue weighted by atomic mass is 10.00. The lowest BCUT2D eigenvalue weighted by molar-refractivity contribution is 0.0731. The minimum Gasteiger partial charge on any atom is -0.497 e. The summed E-state index contributed by atoms with van der Waals surface area (Å²) in [5.74, 6) is 1.31. The molecule has 3 aromatic rings. The summed E-state index contributed by atoms with van der Waals surface area (Å²) in [5, 5.41) is 4.14. The van der Waals surface area contributed by atoms with Gasteiger partial charge >= 0.3 is 0 Å². The van der Waals surface area contributed by atoms with E-state index in [-0.39, 0.29) is 11.7 Å². The Morgan fingerprint density at radius 2 is 1.79 bits per heavy atom. The molecule has 1 aromatic heterocycles. The number of amides is 1. The zero-order valence-electron chi connectivity index (χ0n) is 15.6. The molecule has 0 radical (unpaired) electrons. The second kappa shape index (κ2) is 7.34. The highest BCUT2D eigenvalue weighted by molar-refractivity contribution is 5.95. The van der Waals surface area contributed by atoms with Crippen LogP contribution >= 0.6 is 0 Å². The largest absolute Gasteiger partial charge is 0.497 e. The monoisotopic (exact) mass is 382 g/mol. The van der Waals surface area contributed by atoms with Crippen LogP contribution in [0.2, 0.25) is 0 Å². The van der Waals surface area contributed by atoms with Gasteiger partial charge in [-0.25, -0.2) is 4.39 Å². The maximum atomic E-state index is 13.2. The fraction of sp³-hybridized carbons (Fsp3) is 0.238. The Morgan fingerprint density at radius 1 is 1.11 bits per heavy atom. The number of benzene rings is 2. The Labute approximate surface area is 161 Å². The maximum Gasteiger partial charge on any atom is 0.254 e. The van der Waals surface area contributed by atoms with Crippen molar-refractivity contribution < 1.29 is 23.2 Å². The molecule has 144 valence electrons. The van der Waals surface area contributed by atoms with Gasteiger partial charge in [0.05, 0.1) is 20.8 Å². The maximum absolute atomic E-state index is 13.2. The molecule has 1 aliphatic heterocycles. The molecule has 0 saturated carbocycles. The van der Waals surface area contributed by atoms with Crippen molar-refractivity contribution in [2.24, 2.45) is 0 Å². The molecule has 1 aliphatic rings. The summed E-state index contributed by atoms with van der Waals surface area (Å²) in [7, 11) is 3.09. The van der Waals surface area contributed by atoms with Gasteiger partial charge < -0.3 is 18.9 Å². The molecule has 0 N–H and O–H groups in total. The third-order valence-corrected chi connectivity index (χ3v) is 4.83. The second-order valence-corrected chi connectivity index (χ2v) is 6.52. The first-order valence-electron chi connectivity index (χ1n) is 8.84. The summed E-state index contributed by atoms with van der Waals surface area (Å²) in [6.07, 6.45) is 0.610. The highest BCUT2D eigenvalue weighted by atomic mass is 19.1. The molecule has 1 amide bonds. The van der Waals surface area contributed by atoms with Crippen molar-refractivity contribution in [3.8, 4) is 22.8 Å². The van der Waals surface area contributed by atoms with Gasteiger partial charge in [-0.15, -0.1) is 0 Å². The van der Waals surface area contributed by atoms with Crippen LogP contribution in [0.3, 0.4) is 0 Å². The summed E-state index contributed by atoms with van der Waals surface area (Å²) >= 11 is 0. The van der Waals surface area contributed by atoms with Crippen LogP contribution in [0.5, 0.6) is 11.5 Å². The molecule has 28 heavy (non-hydrogen) atoms. The van der Waals surface area contributed by atoms with Crippen molar-refractivity contribution >= 4 is 5.91 Å². The molecule has 4 rings (SSSR count). The fourth-order valence-electron chi connectivity index (χ4n) is 3.35. The quantitative estimate of drug-likeness (QED) is 0.689. The first-order chi connectivity index (χ1) is 13.6. The summed E-state index contributed by atoms with van der Waals surface area (Å²) in [6, 6.07) is 11.2. The number of ether oxygens (including phenoxy) is 2. The second-order valence-electron chi connectivity index (χ2n) is 6.52. The molecule has 6 nitrogen and oxygen atoms in total. The van der Waals surface area contributed by atoms with Crippen LogP contribution in [-0.4, -0.2) is 36.7 Å². The van der Waals surface area contributed by atoms with E-state index in [0.717, 1.165) is 11.1 Å². The average molecular weight is 382 g/mol. The van der Waals surface area contributed by atoms with Crippen LogP contribution in [0, 0.1) is 5.82 Å². The van der Waals surface area contributed by atoms with Gasteiger partial charge in [0.2, 0.25) is 0 Å². The SMILES string of the molecule is COc1cc(OC)cc(C(=O)N2CCc3c(noc3-c3ccc(F)cc3)C2)c1. The number of carbonyl (C=O) groups is 1. The molecule has 2 heterocycles. The fourth-order valence-corrected chi connectivity index (χ4v) is 3.35. The lowest BCUT2D eigenvalue weighted by Gasteiger charge is -2.26. The van der Waals surface area contributed by atoms with E-state index >= 15 is 0 Å². The summed E-state index contributed by atoms with van der Waals surface area (Å²) in [5.41, 5.74) is 2.93. The zero-order chi connectivity index (χ0) is 19.7. The third kappa shape index (κ3) is 3.31. The molecule has 0 unspecified atom stereocenters. The lowest BCUT2D eigenvalue weighted by Crippen LogP contribution is -2.36. The van der Waals surface area contributed by atoms with E-state index in [0.29, 0.717) is 48.0 Å². The van der Waals surface area contributed by atoms with E-state index < -0.39 is 0 Å². The van der Waals surface area contributed by atoms with Crippen LogP contribution < -0.4 is 9.47 Å². The van der Waals surface area contributed by atoms with Crippen LogP contribution in [0.15, 0.2) is 47.0 Å². The predicted molar refractivity (Wildman–Crippen MR) is 99.9 cm³/mol. The minimum atomic E-state index is -0.303. The number of fused-ring (bicyclic) bond motifs is 1. The van der Waals surface area contributed by atoms with Crippen LogP contribution in [0.25, 0.3) is 11.3 Å². The Bertz CT molecular complexity index is 991. The van der Waals surface area contributed by atoms with E-state index in [1.165, 1.54) is 12.1 Å². The summed E-state index contributed by atoms with van der Waals surface area (Å²) in [4.78, 5) is 14.7. The van der Waals surface area contributed by atoms with Gasteiger partial charge in [0.15, 0.2) is 5.76 Å². The van der Waals surface area contributed by atoms with Gasteiger partial charge in [0, 0.05) is 29.3 Å². The van der Waals surface area contributed by atoms with Crippen molar-refractivity contribution in [1.82, 2.24) is 10.1 Å². The normalized spacial score (nSPS) is 13.2. The van der Waals surface area contributed by atoms with Gasteiger partial charge in [0.1, 0.15) is 23.0 Å². The predicted octanol–water partition coefficient (Wildman–Crippen LogP) is 3.70. The van der Waals surface area contributed by atoms with Crippen molar-refractivity contribution in [2.45, 2.75) is 13.0 Å². The van der Waals surface area contributed by atoms with E-state index in [1.807, 2.05) is 0 Å². The Kier molecular flexibility index (Phi) is 4.73. The topological polar surface area (TPSA) is 64.8 Å². The molecule has 7 heteroatoms. The molecule has 0 saturated heterocycles. The van der Waals surface area contributed by atoms with E-state index in [4.69, 9.17) is 14.0 Å². The van der Waals surface area contributed by atoms with Gasteiger partial charge in [-0.2, -0.15) is 0 Å². The molecule has 0 fully saturated rings. The van der Waals surface area contributed by atoms with E-state index in [9.17, 15) is 9.18 Å². The molecule has 0 spiro atoms. The summed E-state index contributed by atoms with van der Waals surface area (Å²) < 4.78 is 29.2. The molecular weight excluding hydrogens is 363 g/mol. The Morgan fingerprint density at radius 3 is 2.43 bits per heavy atom. The van der Waals surface area contributed by atoms with Crippen LogP contribution in [0.4, 0.5) is 4.39 Å². The number of methoxy groups -OCH3 is 2. The minimum absolute atomic E-state index is 0.130. The van der Waals surface area contributed by atoms with Crippen LogP contribution in [0.1, 0.15) is 21.6 Å². The number of carbonyl (C=O) groups excluding carboxylic acids is 1. The molecule has 0 aliphatic carbocycles. The first kappa shape index (κ1) is 18.0. The Hall–Kier alpha value is -3.35. The number of rotatable bonds is 4. The number of hydrogen-bond donors (Lipinski definition) is 0. The molecule has 2 aromatic carbocycles. The average Bonchev–Trinajstić information content (AvgIpc) is 3.16.